The number of halogens is 3. The van der Waals surface area contributed by atoms with Crippen molar-refractivity contribution in [2.75, 3.05) is 0 Å². The number of benzene rings is 10. The molecule has 0 bridgehead atoms. The monoisotopic (exact) mass is 985 g/mol. The van der Waals surface area contributed by atoms with E-state index in [1.165, 1.54) is 6.07 Å². The molecule has 13 rings (SSSR count). The summed E-state index contributed by atoms with van der Waals surface area (Å²) in [6.45, 7) is 15.3. The van der Waals surface area contributed by atoms with Crippen molar-refractivity contribution in [2.24, 2.45) is 0 Å². The van der Waals surface area contributed by atoms with E-state index in [9.17, 15) is 0 Å². The van der Waals surface area contributed by atoms with Crippen LogP contribution in [0.25, 0.3) is 132 Å². The van der Waals surface area contributed by atoms with Crippen LogP contribution < -0.4 is 0 Å². The van der Waals surface area contributed by atoms with Gasteiger partial charge in [-0.3, -0.25) is 0 Å². The molecule has 10 heteroatoms. The van der Waals surface area contributed by atoms with Crippen LogP contribution in [-0.4, -0.2) is 24.1 Å². The second kappa shape index (κ2) is 18.3. The standard InChI is InChI=1S/C66H38F3N7/c1-70-49-21-13-19-43(35-49)45-28-33-59-55(37-45)51-23-9-11-25-57(51)75(59)61-39-47(65-73-63(41-15-5-3-6-16-41)72-64(74-65)42-17-7-4-8-18-42)27-31-53(61)54-32-30-48(66(67,68)69)40-62(54)76-58-26-12-10-24-52(58)56-38-46(29-34-60(56)76)44-20-14-22-50(36-44)71-2/h3-40H. The molecule has 3 aromatic heterocycles. The number of para-hydroxylation sites is 2. The molecular formula is C66H38F3N7. The van der Waals surface area contributed by atoms with Crippen molar-refractivity contribution < 1.29 is 13.2 Å². The van der Waals surface area contributed by atoms with E-state index in [0.717, 1.165) is 77.5 Å². The van der Waals surface area contributed by atoms with E-state index in [4.69, 9.17) is 28.1 Å². The van der Waals surface area contributed by atoms with Gasteiger partial charge in [0.25, 0.3) is 0 Å². The van der Waals surface area contributed by atoms with Gasteiger partial charge in [-0.2, -0.15) is 13.2 Å². The predicted octanol–water partition coefficient (Wildman–Crippen LogP) is 18.2. The molecule has 76 heavy (non-hydrogen) atoms. The van der Waals surface area contributed by atoms with Crippen LogP contribution in [0.3, 0.4) is 0 Å². The van der Waals surface area contributed by atoms with Gasteiger partial charge in [0.15, 0.2) is 28.8 Å². The highest BCUT2D eigenvalue weighted by molar-refractivity contribution is 6.13. The first-order valence-corrected chi connectivity index (χ1v) is 24.5. The van der Waals surface area contributed by atoms with Crippen LogP contribution in [0.1, 0.15) is 5.56 Å². The maximum absolute atomic E-state index is 15.2. The molecule has 0 spiro atoms. The molecule has 3 heterocycles. The van der Waals surface area contributed by atoms with E-state index in [2.05, 4.69) is 44.6 Å². The zero-order valence-electron chi connectivity index (χ0n) is 40.2. The molecule has 0 aliphatic rings. The van der Waals surface area contributed by atoms with Crippen LogP contribution >= 0.6 is 0 Å². The normalized spacial score (nSPS) is 11.6. The van der Waals surface area contributed by atoms with Crippen molar-refractivity contribution in [3.8, 4) is 78.9 Å². The summed E-state index contributed by atoms with van der Waals surface area (Å²) < 4.78 is 49.7. The summed E-state index contributed by atoms with van der Waals surface area (Å²) in [6, 6.07) is 72.5. The van der Waals surface area contributed by atoms with Gasteiger partial charge in [0.05, 0.1) is 52.1 Å². The average Bonchev–Trinajstić information content (AvgIpc) is 4.00. The van der Waals surface area contributed by atoms with Gasteiger partial charge < -0.3 is 9.13 Å². The van der Waals surface area contributed by atoms with E-state index >= 15 is 13.2 Å². The van der Waals surface area contributed by atoms with Gasteiger partial charge in [-0.05, 0) is 89.0 Å². The molecule has 0 aliphatic heterocycles. The number of aromatic nitrogens is 5. The van der Waals surface area contributed by atoms with Gasteiger partial charge in [-0.25, -0.2) is 24.6 Å². The minimum atomic E-state index is -4.66. The van der Waals surface area contributed by atoms with Crippen molar-refractivity contribution in [3.63, 3.8) is 0 Å². The van der Waals surface area contributed by atoms with Crippen LogP contribution in [0, 0.1) is 13.1 Å². The van der Waals surface area contributed by atoms with Gasteiger partial charge >= 0.3 is 6.18 Å². The summed E-state index contributed by atoms with van der Waals surface area (Å²) in [6.07, 6.45) is -4.66. The Morgan fingerprint density at radius 3 is 1.21 bits per heavy atom. The Kier molecular flexibility index (Phi) is 10.9. The van der Waals surface area contributed by atoms with Gasteiger partial charge in [-0.1, -0.05) is 164 Å². The number of nitrogens with zero attached hydrogens (tertiary/aromatic N) is 7. The minimum Gasteiger partial charge on any atom is -0.309 e. The van der Waals surface area contributed by atoms with Crippen molar-refractivity contribution >= 4 is 55.0 Å². The van der Waals surface area contributed by atoms with Gasteiger partial charge in [-0.15, -0.1) is 0 Å². The molecule has 10 aromatic carbocycles. The van der Waals surface area contributed by atoms with Crippen molar-refractivity contribution in [2.45, 2.75) is 6.18 Å². The number of fused-ring (bicyclic) bond motifs is 6. The molecule has 0 saturated heterocycles. The largest absolute Gasteiger partial charge is 0.416 e. The third-order valence-corrected chi connectivity index (χ3v) is 14.0. The summed E-state index contributed by atoms with van der Waals surface area (Å²) in [4.78, 5) is 22.5. The van der Waals surface area contributed by atoms with Gasteiger partial charge in [0, 0.05) is 49.4 Å². The predicted molar refractivity (Wildman–Crippen MR) is 299 cm³/mol. The molecule has 0 amide bonds. The van der Waals surface area contributed by atoms with Gasteiger partial charge in [0.2, 0.25) is 0 Å². The van der Waals surface area contributed by atoms with Gasteiger partial charge in [0.1, 0.15) is 0 Å². The summed E-state index contributed by atoms with van der Waals surface area (Å²) in [7, 11) is 0. The first-order valence-electron chi connectivity index (χ1n) is 24.5. The van der Waals surface area contributed by atoms with Crippen molar-refractivity contribution in [3.05, 3.63) is 259 Å². The van der Waals surface area contributed by atoms with E-state index in [0.29, 0.717) is 62.4 Å². The lowest BCUT2D eigenvalue weighted by Crippen LogP contribution is -2.08. The van der Waals surface area contributed by atoms with E-state index in [1.54, 1.807) is 18.2 Å². The zero-order chi connectivity index (χ0) is 51.5. The Balaban J connectivity index is 1.11. The summed E-state index contributed by atoms with van der Waals surface area (Å²) >= 11 is 0. The second-order valence-electron chi connectivity index (χ2n) is 18.5. The molecule has 13 aromatic rings. The molecule has 0 N–H and O–H groups in total. The van der Waals surface area contributed by atoms with Crippen LogP contribution in [0.2, 0.25) is 0 Å². The lowest BCUT2D eigenvalue weighted by Gasteiger charge is -2.21. The maximum Gasteiger partial charge on any atom is 0.416 e. The number of rotatable bonds is 8. The second-order valence-corrected chi connectivity index (χ2v) is 18.5. The van der Waals surface area contributed by atoms with E-state index in [1.807, 2.05) is 174 Å². The topological polar surface area (TPSA) is 57.2 Å². The maximum atomic E-state index is 15.2. The highest BCUT2D eigenvalue weighted by Gasteiger charge is 2.32. The molecule has 0 fully saturated rings. The lowest BCUT2D eigenvalue weighted by molar-refractivity contribution is -0.137. The molecule has 0 aliphatic carbocycles. The third-order valence-electron chi connectivity index (χ3n) is 14.0. The van der Waals surface area contributed by atoms with E-state index in [-0.39, 0.29) is 0 Å². The molecular weight excluding hydrogens is 948 g/mol. The fourth-order valence-electron chi connectivity index (χ4n) is 10.5. The quantitative estimate of drug-likeness (QED) is 0.143. The highest BCUT2D eigenvalue weighted by atomic mass is 19.4. The molecule has 7 nitrogen and oxygen atoms in total. The molecule has 0 atom stereocenters. The Morgan fingerprint density at radius 2 is 0.724 bits per heavy atom. The smallest absolute Gasteiger partial charge is 0.309 e. The highest BCUT2D eigenvalue weighted by Crippen LogP contribution is 2.45. The Bertz CT molecular complexity index is 4480. The van der Waals surface area contributed by atoms with Crippen LogP contribution in [0.15, 0.2) is 231 Å². The number of hydrogen-bond donors (Lipinski definition) is 0. The number of alkyl halides is 3. The first-order chi connectivity index (χ1) is 37.2. The Labute approximate surface area is 434 Å². The SMILES string of the molecule is [C-]#[N+]c1cccc(-c2ccc3c(c2)c2ccccc2n3-c2cc(-c3nc(-c4ccccc4)nc(-c4ccccc4)n3)ccc2-c2ccc(C(F)(F)F)cc2-n2c3ccccc3c3cc(-c4cccc([N+]#[C-])c4)ccc32)c1. The fraction of sp³-hybridized carbons (Fsp3) is 0.0152. The lowest BCUT2D eigenvalue weighted by atomic mass is 9.96. The Hall–Kier alpha value is -10.4. The molecule has 0 radical (unpaired) electrons. The minimum absolute atomic E-state index is 0.332. The first kappa shape index (κ1) is 45.4. The number of hydrogen-bond acceptors (Lipinski definition) is 3. The molecule has 0 unspecified atom stereocenters. The summed E-state index contributed by atoms with van der Waals surface area (Å²) in [5.74, 6) is 1.39. The van der Waals surface area contributed by atoms with Crippen LogP contribution in [0.5, 0.6) is 0 Å². The zero-order valence-corrected chi connectivity index (χ0v) is 40.2. The van der Waals surface area contributed by atoms with Crippen LogP contribution in [0.4, 0.5) is 24.5 Å². The van der Waals surface area contributed by atoms with Crippen LogP contribution in [-0.2, 0) is 6.18 Å². The summed E-state index contributed by atoms with van der Waals surface area (Å²) in [5.41, 5.74) is 11.5. The molecule has 358 valence electrons. The third kappa shape index (κ3) is 7.90. The van der Waals surface area contributed by atoms with Crippen molar-refractivity contribution in [1.29, 1.82) is 0 Å². The average molecular weight is 986 g/mol. The Morgan fingerprint density at radius 1 is 0.329 bits per heavy atom. The molecule has 0 saturated carbocycles. The van der Waals surface area contributed by atoms with E-state index < -0.39 is 11.7 Å². The van der Waals surface area contributed by atoms with Crippen molar-refractivity contribution in [1.82, 2.24) is 24.1 Å². The fourth-order valence-corrected chi connectivity index (χ4v) is 10.5. The summed E-state index contributed by atoms with van der Waals surface area (Å²) in [5, 5.41) is 3.61.